The van der Waals surface area contributed by atoms with Crippen LogP contribution >= 0.6 is 11.3 Å². The Morgan fingerprint density at radius 1 is 1.43 bits per heavy atom. The van der Waals surface area contributed by atoms with Crippen molar-refractivity contribution in [2.45, 2.75) is 26.3 Å². The average molecular weight is 307 g/mol. The number of esters is 1. The quantitative estimate of drug-likeness (QED) is 0.862. The van der Waals surface area contributed by atoms with Crippen LogP contribution in [-0.2, 0) is 9.53 Å². The molecular weight excluding hydrogens is 290 g/mol. The maximum absolute atomic E-state index is 12.3. The zero-order valence-corrected chi connectivity index (χ0v) is 13.0. The van der Waals surface area contributed by atoms with Crippen molar-refractivity contribution in [3.05, 3.63) is 45.5 Å². The SMILES string of the molecule is COC(=O)CC(NC(=O)c1cc(C)oc1C)c1cccs1. The first-order chi connectivity index (χ1) is 10.0. The van der Waals surface area contributed by atoms with Crippen molar-refractivity contribution in [3.63, 3.8) is 0 Å². The highest BCUT2D eigenvalue weighted by Crippen LogP contribution is 2.24. The predicted octanol–water partition coefficient (Wildman–Crippen LogP) is 2.99. The second kappa shape index (κ2) is 6.58. The van der Waals surface area contributed by atoms with Gasteiger partial charge in [0, 0.05) is 4.88 Å². The molecular formula is C15H17NO4S. The highest BCUT2D eigenvalue weighted by atomic mass is 32.1. The third kappa shape index (κ3) is 3.72. The van der Waals surface area contributed by atoms with Crippen molar-refractivity contribution in [2.24, 2.45) is 0 Å². The number of hydrogen-bond acceptors (Lipinski definition) is 5. The summed E-state index contributed by atoms with van der Waals surface area (Å²) in [5, 5.41) is 4.77. The summed E-state index contributed by atoms with van der Waals surface area (Å²) in [6.45, 7) is 3.53. The summed E-state index contributed by atoms with van der Waals surface area (Å²) in [5.41, 5.74) is 0.485. The average Bonchev–Trinajstić information content (AvgIpc) is 3.07. The maximum atomic E-state index is 12.3. The van der Waals surface area contributed by atoms with Gasteiger partial charge in [-0.15, -0.1) is 11.3 Å². The normalized spacial score (nSPS) is 12.0. The van der Waals surface area contributed by atoms with Gasteiger partial charge in [0.05, 0.1) is 25.1 Å². The molecule has 0 spiro atoms. The number of carbonyl (C=O) groups is 2. The molecule has 2 rings (SSSR count). The van der Waals surface area contributed by atoms with E-state index in [1.165, 1.54) is 18.4 Å². The Hall–Kier alpha value is -2.08. The van der Waals surface area contributed by atoms with E-state index in [9.17, 15) is 9.59 Å². The Bertz CT molecular complexity index is 630. The van der Waals surface area contributed by atoms with Gasteiger partial charge in [0.1, 0.15) is 11.5 Å². The Kier molecular flexibility index (Phi) is 4.80. The second-order valence-electron chi connectivity index (χ2n) is 4.65. The van der Waals surface area contributed by atoms with Crippen LogP contribution in [0.2, 0.25) is 0 Å². The summed E-state index contributed by atoms with van der Waals surface area (Å²) in [5.74, 6) is 0.617. The lowest BCUT2D eigenvalue weighted by atomic mass is 10.1. The molecule has 0 aliphatic rings. The first kappa shape index (κ1) is 15.3. The Morgan fingerprint density at radius 3 is 2.71 bits per heavy atom. The van der Waals surface area contributed by atoms with Crippen molar-refractivity contribution in [1.82, 2.24) is 5.32 Å². The first-order valence-corrected chi connectivity index (χ1v) is 7.37. The molecule has 6 heteroatoms. The van der Waals surface area contributed by atoms with E-state index in [1.54, 1.807) is 19.9 Å². The summed E-state index contributed by atoms with van der Waals surface area (Å²) in [7, 11) is 1.33. The van der Waals surface area contributed by atoms with Gasteiger partial charge >= 0.3 is 5.97 Å². The van der Waals surface area contributed by atoms with Gasteiger partial charge in [-0.3, -0.25) is 9.59 Å². The third-order valence-electron chi connectivity index (χ3n) is 3.08. The first-order valence-electron chi connectivity index (χ1n) is 6.49. The minimum atomic E-state index is -0.403. The number of methoxy groups -OCH3 is 1. The van der Waals surface area contributed by atoms with Crippen LogP contribution in [0.5, 0.6) is 0 Å². The number of aryl methyl sites for hydroxylation is 2. The Morgan fingerprint density at radius 2 is 2.19 bits per heavy atom. The smallest absolute Gasteiger partial charge is 0.307 e. The van der Waals surface area contributed by atoms with Crippen LogP contribution < -0.4 is 5.32 Å². The molecule has 0 radical (unpaired) electrons. The summed E-state index contributed by atoms with van der Waals surface area (Å²) in [6, 6.07) is 5.05. The minimum Gasteiger partial charge on any atom is -0.469 e. The Balaban J connectivity index is 2.17. The molecule has 0 fully saturated rings. The highest BCUT2D eigenvalue weighted by molar-refractivity contribution is 7.10. The van der Waals surface area contributed by atoms with Crippen LogP contribution in [0.1, 0.15) is 39.2 Å². The fourth-order valence-corrected chi connectivity index (χ4v) is 2.83. The van der Waals surface area contributed by atoms with Gasteiger partial charge in [0.15, 0.2) is 0 Å². The zero-order chi connectivity index (χ0) is 15.4. The van der Waals surface area contributed by atoms with Gasteiger partial charge < -0.3 is 14.5 Å². The number of hydrogen-bond donors (Lipinski definition) is 1. The molecule has 0 saturated heterocycles. The molecule has 0 aliphatic heterocycles. The summed E-state index contributed by atoms with van der Waals surface area (Å²) in [6.07, 6.45) is 0.0959. The maximum Gasteiger partial charge on any atom is 0.307 e. The fourth-order valence-electron chi connectivity index (χ4n) is 2.05. The molecule has 1 N–H and O–H groups in total. The standard InChI is InChI=1S/C15H17NO4S/c1-9-7-11(10(2)20-9)15(18)16-12(8-14(17)19-3)13-5-4-6-21-13/h4-7,12H,8H2,1-3H3,(H,16,18). The number of carbonyl (C=O) groups excluding carboxylic acids is 2. The summed E-state index contributed by atoms with van der Waals surface area (Å²) >= 11 is 1.48. The number of amides is 1. The van der Waals surface area contributed by atoms with Crippen molar-refractivity contribution in [2.75, 3.05) is 7.11 Å². The van der Waals surface area contributed by atoms with Gasteiger partial charge in [0.2, 0.25) is 0 Å². The number of rotatable bonds is 5. The van der Waals surface area contributed by atoms with Gasteiger partial charge in [0.25, 0.3) is 5.91 Å². The second-order valence-corrected chi connectivity index (χ2v) is 5.63. The van der Waals surface area contributed by atoms with E-state index in [2.05, 4.69) is 10.1 Å². The van der Waals surface area contributed by atoms with E-state index >= 15 is 0 Å². The molecule has 0 aromatic carbocycles. The van der Waals surface area contributed by atoms with Crippen LogP contribution in [0.25, 0.3) is 0 Å². The van der Waals surface area contributed by atoms with Crippen molar-refractivity contribution in [1.29, 1.82) is 0 Å². The van der Waals surface area contributed by atoms with E-state index in [-0.39, 0.29) is 18.3 Å². The van der Waals surface area contributed by atoms with Gasteiger partial charge in [-0.1, -0.05) is 6.07 Å². The van der Waals surface area contributed by atoms with E-state index in [0.717, 1.165) is 4.88 Å². The lowest BCUT2D eigenvalue weighted by Gasteiger charge is -2.16. The molecule has 1 unspecified atom stereocenters. The molecule has 0 saturated carbocycles. The summed E-state index contributed by atoms with van der Waals surface area (Å²) < 4.78 is 10.1. The van der Waals surface area contributed by atoms with E-state index < -0.39 is 6.04 Å². The fraction of sp³-hybridized carbons (Fsp3) is 0.333. The highest BCUT2D eigenvalue weighted by Gasteiger charge is 2.22. The molecule has 21 heavy (non-hydrogen) atoms. The molecule has 5 nitrogen and oxygen atoms in total. The molecule has 1 atom stereocenters. The van der Waals surface area contributed by atoms with Gasteiger partial charge in [-0.2, -0.15) is 0 Å². The van der Waals surface area contributed by atoms with Crippen LogP contribution in [-0.4, -0.2) is 19.0 Å². The minimum absolute atomic E-state index is 0.0959. The van der Waals surface area contributed by atoms with Gasteiger partial charge in [-0.05, 0) is 31.4 Å². The number of ether oxygens (including phenoxy) is 1. The van der Waals surface area contributed by atoms with Crippen molar-refractivity contribution >= 4 is 23.2 Å². The Labute approximate surface area is 126 Å². The molecule has 112 valence electrons. The number of nitrogens with one attached hydrogen (secondary N) is 1. The molecule has 2 heterocycles. The lowest BCUT2D eigenvalue weighted by Crippen LogP contribution is -2.30. The molecule has 0 bridgehead atoms. The molecule has 1 amide bonds. The van der Waals surface area contributed by atoms with Crippen LogP contribution in [0.3, 0.4) is 0 Å². The molecule has 2 aromatic rings. The van der Waals surface area contributed by atoms with Crippen LogP contribution in [0, 0.1) is 13.8 Å². The van der Waals surface area contributed by atoms with Crippen LogP contribution in [0.15, 0.2) is 28.0 Å². The molecule has 2 aromatic heterocycles. The topological polar surface area (TPSA) is 68.5 Å². The third-order valence-corrected chi connectivity index (χ3v) is 4.06. The monoisotopic (exact) mass is 307 g/mol. The largest absolute Gasteiger partial charge is 0.469 e. The van der Waals surface area contributed by atoms with Crippen molar-refractivity contribution in [3.8, 4) is 0 Å². The lowest BCUT2D eigenvalue weighted by molar-refractivity contribution is -0.141. The van der Waals surface area contributed by atoms with Crippen LogP contribution in [0.4, 0.5) is 0 Å². The van der Waals surface area contributed by atoms with E-state index in [4.69, 9.17) is 4.42 Å². The van der Waals surface area contributed by atoms with E-state index in [1.807, 2.05) is 17.5 Å². The zero-order valence-electron chi connectivity index (χ0n) is 12.1. The molecule has 0 aliphatic carbocycles. The van der Waals surface area contributed by atoms with Gasteiger partial charge in [-0.25, -0.2) is 0 Å². The van der Waals surface area contributed by atoms with Crippen molar-refractivity contribution < 1.29 is 18.7 Å². The number of furan rings is 1. The predicted molar refractivity (Wildman–Crippen MR) is 79.3 cm³/mol. The summed E-state index contributed by atoms with van der Waals surface area (Å²) in [4.78, 5) is 24.8. The van der Waals surface area contributed by atoms with E-state index in [0.29, 0.717) is 17.1 Å². The number of thiophene rings is 1.